The number of piperazine rings is 1. The molecule has 8 heteroatoms. The Bertz CT molecular complexity index is 867. The van der Waals surface area contributed by atoms with Crippen molar-refractivity contribution < 1.29 is 14.4 Å². The molecule has 1 fully saturated rings. The Morgan fingerprint density at radius 1 is 1.04 bits per heavy atom. The van der Waals surface area contributed by atoms with Crippen LogP contribution in [0.25, 0.3) is 5.69 Å². The van der Waals surface area contributed by atoms with E-state index in [1.165, 1.54) is 4.90 Å². The number of rotatable bonds is 5. The number of primary amides is 1. The SMILES string of the molecule is Cc1nn(-c2ccccc2)c(C)c1C(=O)C(=O)N1CCN(CC(N)=O)CC1. The number of benzene rings is 1. The van der Waals surface area contributed by atoms with Crippen LogP contribution < -0.4 is 5.73 Å². The van der Waals surface area contributed by atoms with Gasteiger partial charge in [0.1, 0.15) is 0 Å². The van der Waals surface area contributed by atoms with Crippen molar-refractivity contribution >= 4 is 17.6 Å². The van der Waals surface area contributed by atoms with Crippen molar-refractivity contribution in [2.45, 2.75) is 13.8 Å². The molecule has 2 N–H and O–H groups in total. The lowest BCUT2D eigenvalue weighted by atomic mass is 10.1. The Balaban J connectivity index is 1.76. The van der Waals surface area contributed by atoms with Crippen molar-refractivity contribution in [1.82, 2.24) is 19.6 Å². The molecule has 0 unspecified atom stereocenters. The second kappa shape index (κ2) is 7.71. The van der Waals surface area contributed by atoms with E-state index < -0.39 is 17.6 Å². The summed E-state index contributed by atoms with van der Waals surface area (Å²) in [4.78, 5) is 40.0. The minimum atomic E-state index is -0.546. The van der Waals surface area contributed by atoms with E-state index >= 15 is 0 Å². The van der Waals surface area contributed by atoms with Crippen molar-refractivity contribution in [3.05, 3.63) is 47.3 Å². The van der Waals surface area contributed by atoms with Gasteiger partial charge in [0.25, 0.3) is 11.7 Å². The van der Waals surface area contributed by atoms with Crippen LogP contribution in [-0.4, -0.2) is 69.9 Å². The molecule has 1 aliphatic heterocycles. The zero-order valence-electron chi connectivity index (χ0n) is 15.5. The highest BCUT2D eigenvalue weighted by molar-refractivity contribution is 6.43. The summed E-state index contributed by atoms with van der Waals surface area (Å²) in [6, 6.07) is 9.48. The first-order valence-electron chi connectivity index (χ1n) is 8.84. The highest BCUT2D eigenvalue weighted by Gasteiger charge is 2.31. The van der Waals surface area contributed by atoms with Gasteiger partial charge in [0, 0.05) is 26.2 Å². The molecule has 2 heterocycles. The van der Waals surface area contributed by atoms with E-state index in [2.05, 4.69) is 5.10 Å². The quantitative estimate of drug-likeness (QED) is 0.603. The van der Waals surface area contributed by atoms with Gasteiger partial charge in [0.15, 0.2) is 0 Å². The summed E-state index contributed by atoms with van der Waals surface area (Å²) in [5.41, 5.74) is 7.56. The standard InChI is InChI=1S/C19H23N5O3/c1-13-17(14(2)24(21-13)15-6-4-3-5-7-15)18(26)19(27)23-10-8-22(9-11-23)12-16(20)25/h3-7H,8-12H2,1-2H3,(H2,20,25). The molecule has 0 spiro atoms. The third-order valence-corrected chi connectivity index (χ3v) is 4.75. The molecule has 2 amide bonds. The Labute approximate surface area is 157 Å². The molecular weight excluding hydrogens is 346 g/mol. The molecule has 0 bridgehead atoms. The first-order valence-corrected chi connectivity index (χ1v) is 8.84. The third-order valence-electron chi connectivity index (χ3n) is 4.75. The van der Waals surface area contributed by atoms with E-state index in [0.29, 0.717) is 43.1 Å². The summed E-state index contributed by atoms with van der Waals surface area (Å²) in [7, 11) is 0. The fourth-order valence-electron chi connectivity index (χ4n) is 3.37. The number of carbonyl (C=O) groups excluding carboxylic acids is 3. The van der Waals surface area contributed by atoms with Crippen LogP contribution in [0.3, 0.4) is 0 Å². The zero-order valence-corrected chi connectivity index (χ0v) is 15.5. The maximum atomic E-state index is 12.9. The number of hydrogen-bond donors (Lipinski definition) is 1. The van der Waals surface area contributed by atoms with E-state index in [1.54, 1.807) is 18.5 Å². The maximum absolute atomic E-state index is 12.9. The molecule has 0 atom stereocenters. The Hall–Kier alpha value is -3.00. The molecule has 8 nitrogen and oxygen atoms in total. The van der Waals surface area contributed by atoms with Gasteiger partial charge in [-0.15, -0.1) is 0 Å². The van der Waals surface area contributed by atoms with Crippen LogP contribution in [0, 0.1) is 13.8 Å². The first kappa shape index (κ1) is 18.8. The molecule has 3 rings (SSSR count). The van der Waals surface area contributed by atoms with Crippen LogP contribution >= 0.6 is 0 Å². The molecule has 1 aromatic heterocycles. The van der Waals surface area contributed by atoms with Gasteiger partial charge in [-0.25, -0.2) is 4.68 Å². The van der Waals surface area contributed by atoms with Gasteiger partial charge in [-0.2, -0.15) is 5.10 Å². The number of amides is 2. The number of aryl methyl sites for hydroxylation is 1. The number of aromatic nitrogens is 2. The van der Waals surface area contributed by atoms with Gasteiger partial charge in [-0.3, -0.25) is 19.3 Å². The molecule has 0 aliphatic carbocycles. The van der Waals surface area contributed by atoms with Gasteiger partial charge in [-0.05, 0) is 26.0 Å². The monoisotopic (exact) mass is 369 g/mol. The highest BCUT2D eigenvalue weighted by Crippen LogP contribution is 2.19. The fraction of sp³-hybridized carbons (Fsp3) is 0.368. The number of carbonyl (C=O) groups is 3. The lowest BCUT2D eigenvalue weighted by molar-refractivity contribution is -0.128. The number of ketones is 1. The van der Waals surface area contributed by atoms with E-state index in [-0.39, 0.29) is 6.54 Å². The van der Waals surface area contributed by atoms with Crippen LogP contribution in [0.5, 0.6) is 0 Å². The minimum Gasteiger partial charge on any atom is -0.369 e. The summed E-state index contributed by atoms with van der Waals surface area (Å²) in [6.45, 7) is 5.51. The zero-order chi connectivity index (χ0) is 19.6. The van der Waals surface area contributed by atoms with E-state index in [4.69, 9.17) is 5.73 Å². The van der Waals surface area contributed by atoms with Crippen molar-refractivity contribution in [2.24, 2.45) is 5.73 Å². The highest BCUT2D eigenvalue weighted by atomic mass is 16.2. The van der Waals surface area contributed by atoms with Crippen molar-refractivity contribution in [3.8, 4) is 5.69 Å². The van der Waals surface area contributed by atoms with Gasteiger partial charge in [0.2, 0.25) is 5.91 Å². The molecular formula is C19H23N5O3. The smallest absolute Gasteiger partial charge is 0.295 e. The second-order valence-corrected chi connectivity index (χ2v) is 6.66. The number of hydrogen-bond acceptors (Lipinski definition) is 5. The predicted molar refractivity (Wildman–Crippen MR) is 99.6 cm³/mol. The fourth-order valence-corrected chi connectivity index (χ4v) is 3.37. The molecule has 27 heavy (non-hydrogen) atoms. The topological polar surface area (TPSA) is 102 Å². The summed E-state index contributed by atoms with van der Waals surface area (Å²) in [5.74, 6) is -1.48. The minimum absolute atomic E-state index is 0.165. The average molecular weight is 369 g/mol. The van der Waals surface area contributed by atoms with Gasteiger partial charge < -0.3 is 10.6 Å². The number of para-hydroxylation sites is 1. The molecule has 0 radical (unpaired) electrons. The number of Topliss-reactive ketones (excluding diaryl/α,β-unsaturated/α-hetero) is 1. The van der Waals surface area contributed by atoms with E-state index in [1.807, 2.05) is 35.2 Å². The van der Waals surface area contributed by atoms with Crippen LogP contribution in [0.1, 0.15) is 21.7 Å². The Kier molecular flexibility index (Phi) is 5.36. The van der Waals surface area contributed by atoms with E-state index in [9.17, 15) is 14.4 Å². The Morgan fingerprint density at radius 2 is 1.67 bits per heavy atom. The molecule has 0 saturated carbocycles. The summed E-state index contributed by atoms with van der Waals surface area (Å²) < 4.78 is 1.68. The molecule has 1 aliphatic rings. The van der Waals surface area contributed by atoms with Crippen molar-refractivity contribution in [2.75, 3.05) is 32.7 Å². The third kappa shape index (κ3) is 3.90. The first-order chi connectivity index (χ1) is 12.9. The van der Waals surface area contributed by atoms with Crippen LogP contribution in [-0.2, 0) is 9.59 Å². The summed E-state index contributed by atoms with van der Waals surface area (Å²) >= 11 is 0. The number of nitrogens with zero attached hydrogens (tertiary/aromatic N) is 4. The summed E-state index contributed by atoms with van der Waals surface area (Å²) in [5, 5.41) is 4.44. The maximum Gasteiger partial charge on any atom is 0.295 e. The van der Waals surface area contributed by atoms with Crippen LogP contribution in [0.2, 0.25) is 0 Å². The van der Waals surface area contributed by atoms with Crippen molar-refractivity contribution in [1.29, 1.82) is 0 Å². The number of nitrogens with two attached hydrogens (primary N) is 1. The van der Waals surface area contributed by atoms with E-state index in [0.717, 1.165) is 5.69 Å². The average Bonchev–Trinajstić information content (AvgIpc) is 2.95. The summed E-state index contributed by atoms with van der Waals surface area (Å²) in [6.07, 6.45) is 0. The van der Waals surface area contributed by atoms with Gasteiger partial charge in [0.05, 0.1) is 29.2 Å². The second-order valence-electron chi connectivity index (χ2n) is 6.66. The predicted octanol–water partition coefficient (Wildman–Crippen LogP) is 0.301. The lowest BCUT2D eigenvalue weighted by Gasteiger charge is -2.33. The lowest BCUT2D eigenvalue weighted by Crippen LogP contribution is -2.52. The molecule has 1 aromatic carbocycles. The van der Waals surface area contributed by atoms with Crippen LogP contribution in [0.15, 0.2) is 30.3 Å². The molecule has 2 aromatic rings. The molecule has 1 saturated heterocycles. The molecule has 142 valence electrons. The Morgan fingerprint density at radius 3 is 2.26 bits per heavy atom. The normalized spacial score (nSPS) is 15.0. The van der Waals surface area contributed by atoms with Gasteiger partial charge >= 0.3 is 0 Å². The largest absolute Gasteiger partial charge is 0.369 e. The van der Waals surface area contributed by atoms with Crippen molar-refractivity contribution in [3.63, 3.8) is 0 Å². The van der Waals surface area contributed by atoms with Gasteiger partial charge in [-0.1, -0.05) is 18.2 Å². The van der Waals surface area contributed by atoms with Crippen LogP contribution in [0.4, 0.5) is 0 Å².